The molecule has 9 nitrogen and oxygen atoms in total. The second-order valence-corrected chi connectivity index (χ2v) is 7.32. The lowest BCUT2D eigenvalue weighted by Crippen LogP contribution is -2.40. The molecule has 1 fully saturated rings. The van der Waals surface area contributed by atoms with E-state index in [0.717, 1.165) is 49.7 Å². The Kier molecular flexibility index (Phi) is 5.23. The van der Waals surface area contributed by atoms with Crippen molar-refractivity contribution in [1.82, 2.24) is 39.0 Å². The van der Waals surface area contributed by atoms with Crippen LogP contribution >= 0.6 is 0 Å². The van der Waals surface area contributed by atoms with Crippen molar-refractivity contribution in [3.8, 4) is 0 Å². The minimum absolute atomic E-state index is 0.124. The maximum Gasteiger partial charge on any atom is 0.244 e. The van der Waals surface area contributed by atoms with Crippen LogP contribution in [0.4, 0.5) is 0 Å². The second kappa shape index (κ2) is 7.95. The van der Waals surface area contributed by atoms with E-state index in [4.69, 9.17) is 0 Å². The molecule has 4 heterocycles. The summed E-state index contributed by atoms with van der Waals surface area (Å²) in [5, 5.41) is 13.1. The Morgan fingerprint density at radius 3 is 2.71 bits per heavy atom. The van der Waals surface area contributed by atoms with E-state index in [9.17, 15) is 4.79 Å². The largest absolute Gasteiger partial charge is 0.341 e. The Labute approximate surface area is 164 Å². The number of imidazole rings is 1. The van der Waals surface area contributed by atoms with E-state index >= 15 is 0 Å². The Balaban J connectivity index is 1.38. The third kappa shape index (κ3) is 3.83. The Morgan fingerprint density at radius 2 is 2.07 bits per heavy atom. The lowest BCUT2D eigenvalue weighted by Gasteiger charge is -2.31. The first-order valence-corrected chi connectivity index (χ1v) is 9.78. The van der Waals surface area contributed by atoms with Crippen LogP contribution in [-0.4, -0.2) is 58.0 Å². The highest BCUT2D eigenvalue weighted by molar-refractivity contribution is 5.76. The number of hydrogen-bond donors (Lipinski definition) is 0. The summed E-state index contributed by atoms with van der Waals surface area (Å²) in [5.41, 5.74) is 1.07. The van der Waals surface area contributed by atoms with Gasteiger partial charge in [-0.1, -0.05) is 0 Å². The molecule has 28 heavy (non-hydrogen) atoms. The van der Waals surface area contributed by atoms with Crippen LogP contribution in [0.25, 0.3) is 0 Å². The van der Waals surface area contributed by atoms with E-state index in [1.807, 2.05) is 28.8 Å². The average molecular weight is 382 g/mol. The van der Waals surface area contributed by atoms with Crippen LogP contribution in [-0.2, 0) is 24.4 Å². The van der Waals surface area contributed by atoms with Crippen molar-refractivity contribution in [1.29, 1.82) is 0 Å². The molecule has 4 rings (SSSR count). The Hall–Kier alpha value is -2.97. The van der Waals surface area contributed by atoms with Crippen molar-refractivity contribution in [3.05, 3.63) is 48.3 Å². The first kappa shape index (κ1) is 18.4. The van der Waals surface area contributed by atoms with Crippen molar-refractivity contribution in [2.45, 2.75) is 52.2 Å². The maximum absolute atomic E-state index is 12.5. The topological polar surface area (TPSA) is 86.7 Å². The van der Waals surface area contributed by atoms with Gasteiger partial charge in [0.25, 0.3) is 0 Å². The maximum atomic E-state index is 12.5. The Morgan fingerprint density at radius 1 is 1.25 bits per heavy atom. The number of aryl methyl sites for hydroxylation is 1. The first-order valence-electron chi connectivity index (χ1n) is 9.78. The van der Waals surface area contributed by atoms with E-state index in [0.29, 0.717) is 19.0 Å². The fourth-order valence-corrected chi connectivity index (χ4v) is 3.84. The van der Waals surface area contributed by atoms with Gasteiger partial charge in [-0.15, -0.1) is 10.2 Å². The molecule has 1 saturated heterocycles. The molecule has 0 spiro atoms. The van der Waals surface area contributed by atoms with Gasteiger partial charge in [0.05, 0.1) is 19.1 Å². The predicted molar refractivity (Wildman–Crippen MR) is 103 cm³/mol. The fourth-order valence-electron chi connectivity index (χ4n) is 3.84. The lowest BCUT2D eigenvalue weighted by molar-refractivity contribution is -0.133. The molecule has 0 bridgehead atoms. The monoisotopic (exact) mass is 382 g/mol. The van der Waals surface area contributed by atoms with Gasteiger partial charge in [-0.3, -0.25) is 9.48 Å². The summed E-state index contributed by atoms with van der Waals surface area (Å²) in [6.07, 6.45) is 11.0. The van der Waals surface area contributed by atoms with Crippen LogP contribution < -0.4 is 0 Å². The van der Waals surface area contributed by atoms with Crippen LogP contribution in [0.3, 0.4) is 0 Å². The van der Waals surface area contributed by atoms with Crippen LogP contribution in [0.15, 0.2) is 31.1 Å². The molecular formula is C19H26N8O. The van der Waals surface area contributed by atoms with Crippen molar-refractivity contribution in [2.24, 2.45) is 0 Å². The van der Waals surface area contributed by atoms with Crippen molar-refractivity contribution in [2.75, 3.05) is 13.1 Å². The van der Waals surface area contributed by atoms with Gasteiger partial charge in [0.2, 0.25) is 5.91 Å². The molecule has 0 aliphatic carbocycles. The molecule has 0 radical (unpaired) electrons. The number of aromatic nitrogens is 7. The number of hydrogen-bond acceptors (Lipinski definition) is 5. The smallest absolute Gasteiger partial charge is 0.244 e. The lowest BCUT2D eigenvalue weighted by atomic mass is 9.95. The van der Waals surface area contributed by atoms with E-state index < -0.39 is 0 Å². The molecular weight excluding hydrogens is 356 g/mol. The van der Waals surface area contributed by atoms with Gasteiger partial charge in [0, 0.05) is 44.1 Å². The third-order valence-electron chi connectivity index (χ3n) is 5.33. The van der Waals surface area contributed by atoms with Crippen LogP contribution in [0.5, 0.6) is 0 Å². The first-order chi connectivity index (χ1) is 13.6. The minimum Gasteiger partial charge on any atom is -0.341 e. The molecule has 0 saturated carbocycles. The third-order valence-corrected chi connectivity index (χ3v) is 5.33. The molecule has 3 aromatic heterocycles. The van der Waals surface area contributed by atoms with Gasteiger partial charge in [-0.05, 0) is 32.3 Å². The van der Waals surface area contributed by atoms with Gasteiger partial charge in [0.1, 0.15) is 12.4 Å². The normalized spacial score (nSPS) is 15.3. The molecule has 0 aromatic carbocycles. The van der Waals surface area contributed by atoms with Crippen molar-refractivity contribution in [3.63, 3.8) is 0 Å². The number of amides is 1. The van der Waals surface area contributed by atoms with Crippen LogP contribution in [0.2, 0.25) is 0 Å². The summed E-state index contributed by atoms with van der Waals surface area (Å²) in [6.45, 7) is 7.40. The summed E-state index contributed by atoms with van der Waals surface area (Å²) < 4.78 is 5.91. The molecule has 9 heteroatoms. The van der Waals surface area contributed by atoms with E-state index in [2.05, 4.69) is 31.8 Å². The fraction of sp³-hybridized carbons (Fsp3) is 0.526. The van der Waals surface area contributed by atoms with Crippen molar-refractivity contribution < 1.29 is 4.79 Å². The SMILES string of the molecule is CCn1c(Cn2ccnc2)nnc1C1CCN(C(=O)Cn2cc(C)cn2)CC1. The molecule has 0 unspecified atom stereocenters. The molecule has 0 atom stereocenters. The van der Waals surface area contributed by atoms with E-state index in [1.54, 1.807) is 23.4 Å². The standard InChI is InChI=1S/C19H26N8O/c1-3-27-17(12-24-9-6-20-14-24)22-23-19(27)16-4-7-25(8-5-16)18(28)13-26-11-15(2)10-21-26/h6,9-11,14,16H,3-5,7-8,12-13H2,1-2H3. The minimum atomic E-state index is 0.124. The van der Waals surface area contributed by atoms with Gasteiger partial charge in [-0.25, -0.2) is 4.98 Å². The zero-order valence-corrected chi connectivity index (χ0v) is 16.4. The number of rotatable bonds is 6. The number of carbonyl (C=O) groups excluding carboxylic acids is 1. The number of piperidine rings is 1. The highest BCUT2D eigenvalue weighted by atomic mass is 16.2. The molecule has 1 aliphatic heterocycles. The Bertz CT molecular complexity index is 918. The molecule has 1 aliphatic rings. The number of likely N-dealkylation sites (tertiary alicyclic amines) is 1. The molecule has 148 valence electrons. The van der Waals surface area contributed by atoms with E-state index in [-0.39, 0.29) is 5.91 Å². The van der Waals surface area contributed by atoms with Gasteiger partial charge in [-0.2, -0.15) is 5.10 Å². The summed E-state index contributed by atoms with van der Waals surface area (Å²) in [7, 11) is 0. The average Bonchev–Trinajstić information content (AvgIpc) is 3.44. The zero-order valence-electron chi connectivity index (χ0n) is 16.4. The van der Waals surface area contributed by atoms with Gasteiger partial charge in [0.15, 0.2) is 5.82 Å². The summed E-state index contributed by atoms with van der Waals surface area (Å²) in [5.74, 6) is 2.44. The summed E-state index contributed by atoms with van der Waals surface area (Å²) >= 11 is 0. The summed E-state index contributed by atoms with van der Waals surface area (Å²) in [6, 6.07) is 0. The second-order valence-electron chi connectivity index (χ2n) is 7.32. The van der Waals surface area contributed by atoms with Gasteiger partial charge >= 0.3 is 0 Å². The highest BCUT2D eigenvalue weighted by Crippen LogP contribution is 2.27. The summed E-state index contributed by atoms with van der Waals surface area (Å²) in [4.78, 5) is 18.6. The highest BCUT2D eigenvalue weighted by Gasteiger charge is 2.28. The molecule has 1 amide bonds. The number of carbonyl (C=O) groups is 1. The molecule has 0 N–H and O–H groups in total. The van der Waals surface area contributed by atoms with Gasteiger partial charge < -0.3 is 14.0 Å². The predicted octanol–water partition coefficient (Wildman–Crippen LogP) is 1.45. The zero-order chi connectivity index (χ0) is 19.5. The van der Waals surface area contributed by atoms with Crippen molar-refractivity contribution >= 4 is 5.91 Å². The molecule has 3 aromatic rings. The van der Waals surface area contributed by atoms with Crippen LogP contribution in [0, 0.1) is 6.92 Å². The van der Waals surface area contributed by atoms with Crippen LogP contribution in [0.1, 0.15) is 42.9 Å². The quantitative estimate of drug-likeness (QED) is 0.644. The van der Waals surface area contributed by atoms with E-state index in [1.165, 1.54) is 0 Å². The number of nitrogens with zero attached hydrogens (tertiary/aromatic N) is 8.